The number of aliphatic carboxylic acids is 1. The lowest BCUT2D eigenvalue weighted by Crippen LogP contribution is -2.20. The van der Waals surface area contributed by atoms with Crippen LogP contribution in [0.4, 0.5) is 5.95 Å². The van der Waals surface area contributed by atoms with Crippen LogP contribution in [0.1, 0.15) is 24.0 Å². The lowest BCUT2D eigenvalue weighted by Gasteiger charge is -2.12. The zero-order valence-electron chi connectivity index (χ0n) is 15.8. The van der Waals surface area contributed by atoms with E-state index in [2.05, 4.69) is 44.6 Å². The van der Waals surface area contributed by atoms with Crippen LogP contribution in [0.3, 0.4) is 0 Å². The van der Waals surface area contributed by atoms with E-state index in [-0.39, 0.29) is 18.7 Å². The summed E-state index contributed by atoms with van der Waals surface area (Å²) < 4.78 is 7.22. The molecule has 1 fully saturated rings. The van der Waals surface area contributed by atoms with Crippen molar-refractivity contribution in [2.24, 2.45) is 0 Å². The number of ether oxygens (including phenoxy) is 1. The van der Waals surface area contributed by atoms with Gasteiger partial charge < -0.3 is 15.2 Å². The van der Waals surface area contributed by atoms with Crippen molar-refractivity contribution in [1.82, 2.24) is 19.7 Å². The van der Waals surface area contributed by atoms with Crippen molar-refractivity contribution in [3.63, 3.8) is 0 Å². The molecule has 0 amide bonds. The first-order chi connectivity index (χ1) is 14.1. The summed E-state index contributed by atoms with van der Waals surface area (Å²) in [6.45, 7) is -0.218. The van der Waals surface area contributed by atoms with Crippen LogP contribution >= 0.6 is 0 Å². The summed E-state index contributed by atoms with van der Waals surface area (Å²) in [5.74, 6) is 0.0591. The van der Waals surface area contributed by atoms with Gasteiger partial charge in [0.1, 0.15) is 12.6 Å². The molecule has 3 aromatic rings. The van der Waals surface area contributed by atoms with E-state index in [1.807, 2.05) is 0 Å². The minimum Gasteiger partial charge on any atom is -0.480 e. The molecule has 148 valence electrons. The molecule has 29 heavy (non-hydrogen) atoms. The summed E-state index contributed by atoms with van der Waals surface area (Å²) >= 11 is 0. The van der Waals surface area contributed by atoms with Crippen LogP contribution in [-0.2, 0) is 24.2 Å². The maximum absolute atomic E-state index is 11.0. The Bertz CT molecular complexity index is 1020. The van der Waals surface area contributed by atoms with Crippen LogP contribution in [0.15, 0.2) is 42.9 Å². The van der Waals surface area contributed by atoms with Crippen molar-refractivity contribution >= 4 is 11.9 Å². The molecule has 2 aliphatic rings. The number of carboxylic acid groups (broad SMARTS) is 1. The summed E-state index contributed by atoms with van der Waals surface area (Å²) in [5, 5.41) is 16.7. The fourth-order valence-corrected chi connectivity index (χ4v) is 3.64. The second kappa shape index (κ2) is 7.20. The highest BCUT2D eigenvalue weighted by Crippen LogP contribution is 2.33. The largest absolute Gasteiger partial charge is 0.480 e. The number of hydrogen-bond donors (Lipinski definition) is 2. The Morgan fingerprint density at radius 3 is 2.48 bits per heavy atom. The van der Waals surface area contributed by atoms with Gasteiger partial charge in [0.05, 0.1) is 5.56 Å². The molecule has 1 aromatic carbocycles. The highest BCUT2D eigenvalue weighted by atomic mass is 16.5. The first-order valence-corrected chi connectivity index (χ1v) is 9.75. The fraction of sp³-hybridized carbons (Fsp3) is 0.333. The second-order valence-electron chi connectivity index (χ2n) is 7.57. The molecular weight excluding hydrogens is 370 g/mol. The third-order valence-corrected chi connectivity index (χ3v) is 5.17. The number of aromatic nitrogens is 4. The number of nitrogens with zero attached hydrogens (tertiary/aromatic N) is 4. The maximum atomic E-state index is 11.0. The quantitative estimate of drug-likeness (QED) is 0.638. The maximum Gasteiger partial charge on any atom is 0.325 e. The molecule has 0 unspecified atom stereocenters. The van der Waals surface area contributed by atoms with Gasteiger partial charge in [-0.25, -0.2) is 9.97 Å². The van der Waals surface area contributed by atoms with Crippen molar-refractivity contribution in [3.05, 3.63) is 54.0 Å². The molecule has 5 rings (SSSR count). The minimum absolute atomic E-state index is 0.160. The van der Waals surface area contributed by atoms with E-state index in [1.54, 1.807) is 18.6 Å². The zero-order valence-corrected chi connectivity index (χ0v) is 15.8. The number of carbonyl (C=O) groups is 1. The molecule has 8 nitrogen and oxygen atoms in total. The number of nitrogens with one attached hydrogen (secondary N) is 1. The molecule has 2 aromatic heterocycles. The topological polar surface area (TPSA) is 102 Å². The van der Waals surface area contributed by atoms with E-state index in [9.17, 15) is 4.79 Å². The van der Waals surface area contributed by atoms with Crippen LogP contribution in [0.5, 0.6) is 5.88 Å². The van der Waals surface area contributed by atoms with Gasteiger partial charge >= 0.3 is 5.97 Å². The molecule has 8 heteroatoms. The Hall–Kier alpha value is -3.42. The van der Waals surface area contributed by atoms with E-state index < -0.39 is 5.97 Å². The molecule has 0 bridgehead atoms. The van der Waals surface area contributed by atoms with E-state index in [0.717, 1.165) is 31.2 Å². The first kappa shape index (κ1) is 17.7. The van der Waals surface area contributed by atoms with Crippen LogP contribution in [-0.4, -0.2) is 43.0 Å². The standard InChI is InChI=1S/C21H21N5O3/c27-19(28)12-26-11-18(20(25-26)29-17-5-6-17)15-9-22-21(23-10-15)24-16-7-13-3-1-2-4-14(13)8-16/h1-4,9-11,16-17H,5-8,12H2,(H,27,28)(H,22,23,24). The Morgan fingerprint density at radius 1 is 1.17 bits per heavy atom. The number of hydrogen-bond acceptors (Lipinski definition) is 6. The molecule has 0 atom stereocenters. The van der Waals surface area contributed by atoms with Gasteiger partial charge in [0.25, 0.3) is 0 Å². The molecule has 2 aliphatic carbocycles. The normalized spacial score (nSPS) is 15.9. The van der Waals surface area contributed by atoms with Crippen LogP contribution in [0.25, 0.3) is 11.1 Å². The monoisotopic (exact) mass is 391 g/mol. The number of rotatable bonds is 7. The van der Waals surface area contributed by atoms with E-state index in [1.165, 1.54) is 15.8 Å². The van der Waals surface area contributed by atoms with Gasteiger partial charge in [0.2, 0.25) is 11.8 Å². The Balaban J connectivity index is 1.32. The molecule has 0 spiro atoms. The fourth-order valence-electron chi connectivity index (χ4n) is 3.64. The lowest BCUT2D eigenvalue weighted by atomic mass is 10.1. The molecule has 1 saturated carbocycles. The molecular formula is C21H21N5O3. The molecule has 0 radical (unpaired) electrons. The minimum atomic E-state index is -0.953. The Morgan fingerprint density at radius 2 is 1.86 bits per heavy atom. The summed E-state index contributed by atoms with van der Waals surface area (Å²) in [7, 11) is 0. The van der Waals surface area contributed by atoms with Crippen LogP contribution in [0, 0.1) is 0 Å². The SMILES string of the molecule is O=C(O)Cn1cc(-c2cnc(NC3Cc4ccccc4C3)nc2)c(OC2CC2)n1. The van der Waals surface area contributed by atoms with Crippen molar-refractivity contribution in [2.45, 2.75) is 44.4 Å². The first-order valence-electron chi connectivity index (χ1n) is 9.75. The predicted octanol–water partition coefficient (Wildman–Crippen LogP) is 2.55. The molecule has 0 saturated heterocycles. The van der Waals surface area contributed by atoms with Crippen LogP contribution < -0.4 is 10.1 Å². The third-order valence-electron chi connectivity index (χ3n) is 5.17. The highest BCUT2D eigenvalue weighted by molar-refractivity contribution is 5.69. The van der Waals surface area contributed by atoms with E-state index >= 15 is 0 Å². The molecule has 2 N–H and O–H groups in total. The van der Waals surface area contributed by atoms with Gasteiger partial charge in [-0.05, 0) is 36.8 Å². The van der Waals surface area contributed by atoms with Gasteiger partial charge in [-0.1, -0.05) is 24.3 Å². The molecule has 0 aliphatic heterocycles. The average molecular weight is 391 g/mol. The van der Waals surface area contributed by atoms with E-state index in [0.29, 0.717) is 17.4 Å². The summed E-state index contributed by atoms with van der Waals surface area (Å²) in [4.78, 5) is 19.9. The average Bonchev–Trinajstić information content (AvgIpc) is 3.28. The Kier molecular flexibility index (Phi) is 4.38. The van der Waals surface area contributed by atoms with Gasteiger partial charge in [0.15, 0.2) is 0 Å². The highest BCUT2D eigenvalue weighted by Gasteiger charge is 2.27. The van der Waals surface area contributed by atoms with Gasteiger partial charge in [0, 0.05) is 30.2 Å². The summed E-state index contributed by atoms with van der Waals surface area (Å²) in [6, 6.07) is 8.75. The number of carboxylic acids is 1. The number of benzene rings is 1. The summed E-state index contributed by atoms with van der Waals surface area (Å²) in [5.41, 5.74) is 4.19. The van der Waals surface area contributed by atoms with E-state index in [4.69, 9.17) is 9.84 Å². The molecule has 2 heterocycles. The van der Waals surface area contributed by atoms with Crippen molar-refractivity contribution in [3.8, 4) is 17.0 Å². The van der Waals surface area contributed by atoms with Gasteiger partial charge in [-0.3, -0.25) is 9.48 Å². The number of fused-ring (bicyclic) bond motifs is 1. The predicted molar refractivity (Wildman–Crippen MR) is 106 cm³/mol. The number of anilines is 1. The lowest BCUT2D eigenvalue weighted by molar-refractivity contribution is -0.137. The zero-order chi connectivity index (χ0) is 19.8. The van der Waals surface area contributed by atoms with Crippen LogP contribution in [0.2, 0.25) is 0 Å². The van der Waals surface area contributed by atoms with Gasteiger partial charge in [-0.2, -0.15) is 0 Å². The Labute approximate surface area is 167 Å². The van der Waals surface area contributed by atoms with Crippen molar-refractivity contribution in [1.29, 1.82) is 0 Å². The third kappa shape index (κ3) is 3.91. The van der Waals surface area contributed by atoms with Crippen molar-refractivity contribution in [2.75, 3.05) is 5.32 Å². The smallest absolute Gasteiger partial charge is 0.325 e. The summed E-state index contributed by atoms with van der Waals surface area (Å²) in [6.07, 6.45) is 9.19. The van der Waals surface area contributed by atoms with Crippen molar-refractivity contribution < 1.29 is 14.6 Å². The van der Waals surface area contributed by atoms with Gasteiger partial charge in [-0.15, -0.1) is 5.10 Å². The second-order valence-corrected chi connectivity index (χ2v) is 7.57.